The SMILES string of the molecule is COC(=O)c1cc(N)ccc1NC1CCSC1. The van der Waals surface area contributed by atoms with Crippen molar-refractivity contribution >= 4 is 29.1 Å². The van der Waals surface area contributed by atoms with Gasteiger partial charge >= 0.3 is 5.97 Å². The van der Waals surface area contributed by atoms with E-state index >= 15 is 0 Å². The Labute approximate surface area is 105 Å². The van der Waals surface area contributed by atoms with Gasteiger partial charge in [-0.25, -0.2) is 4.79 Å². The molecule has 1 aliphatic heterocycles. The van der Waals surface area contributed by atoms with Crippen molar-refractivity contribution in [2.24, 2.45) is 0 Å². The molecule has 4 nitrogen and oxygen atoms in total. The van der Waals surface area contributed by atoms with Crippen LogP contribution in [0.1, 0.15) is 16.8 Å². The summed E-state index contributed by atoms with van der Waals surface area (Å²) >= 11 is 1.92. The zero-order valence-corrected chi connectivity index (χ0v) is 10.5. The van der Waals surface area contributed by atoms with E-state index in [1.54, 1.807) is 12.1 Å². The third-order valence-corrected chi connectivity index (χ3v) is 3.90. The molecule has 5 heteroatoms. The topological polar surface area (TPSA) is 64.3 Å². The number of nitrogens with one attached hydrogen (secondary N) is 1. The normalized spacial score (nSPS) is 19.0. The summed E-state index contributed by atoms with van der Waals surface area (Å²) in [7, 11) is 1.38. The first-order chi connectivity index (χ1) is 8.20. The van der Waals surface area contributed by atoms with Crippen molar-refractivity contribution in [1.29, 1.82) is 0 Å². The predicted octanol–water partition coefficient (Wildman–Crippen LogP) is 1.97. The highest BCUT2D eigenvalue weighted by Gasteiger charge is 2.18. The molecular formula is C12H16N2O2S. The minimum atomic E-state index is -0.356. The molecule has 3 N–H and O–H groups in total. The number of anilines is 2. The molecule has 1 unspecified atom stereocenters. The number of carbonyl (C=O) groups is 1. The molecule has 1 fully saturated rings. The van der Waals surface area contributed by atoms with Gasteiger partial charge in [-0.05, 0) is 30.4 Å². The molecule has 0 amide bonds. The highest BCUT2D eigenvalue weighted by molar-refractivity contribution is 7.99. The summed E-state index contributed by atoms with van der Waals surface area (Å²) in [4.78, 5) is 11.6. The first-order valence-corrected chi connectivity index (χ1v) is 6.68. The smallest absolute Gasteiger partial charge is 0.340 e. The van der Waals surface area contributed by atoms with Gasteiger partial charge < -0.3 is 15.8 Å². The van der Waals surface area contributed by atoms with Crippen molar-refractivity contribution < 1.29 is 9.53 Å². The number of hydrogen-bond acceptors (Lipinski definition) is 5. The fourth-order valence-electron chi connectivity index (χ4n) is 1.83. The molecule has 92 valence electrons. The number of nitrogens with two attached hydrogens (primary N) is 1. The predicted molar refractivity (Wildman–Crippen MR) is 71.5 cm³/mol. The number of benzene rings is 1. The van der Waals surface area contributed by atoms with Crippen molar-refractivity contribution in [2.45, 2.75) is 12.5 Å². The van der Waals surface area contributed by atoms with Crippen LogP contribution in [-0.2, 0) is 4.74 Å². The van der Waals surface area contributed by atoms with Gasteiger partial charge in [0.25, 0.3) is 0 Å². The minimum Gasteiger partial charge on any atom is -0.465 e. The molecule has 0 bridgehead atoms. The third-order valence-electron chi connectivity index (χ3n) is 2.74. The first-order valence-electron chi connectivity index (χ1n) is 5.53. The Kier molecular flexibility index (Phi) is 3.78. The summed E-state index contributed by atoms with van der Waals surface area (Å²) in [6.07, 6.45) is 1.12. The largest absolute Gasteiger partial charge is 0.465 e. The van der Waals surface area contributed by atoms with Crippen LogP contribution >= 0.6 is 11.8 Å². The van der Waals surface area contributed by atoms with Gasteiger partial charge in [-0.2, -0.15) is 11.8 Å². The second-order valence-electron chi connectivity index (χ2n) is 4.00. The van der Waals surface area contributed by atoms with Crippen molar-refractivity contribution in [2.75, 3.05) is 29.7 Å². The fraction of sp³-hybridized carbons (Fsp3) is 0.417. The Morgan fingerprint density at radius 1 is 1.59 bits per heavy atom. The van der Waals surface area contributed by atoms with Crippen molar-refractivity contribution in [3.8, 4) is 0 Å². The molecule has 1 atom stereocenters. The number of thioether (sulfide) groups is 1. The van der Waals surface area contributed by atoms with Gasteiger partial charge in [0.1, 0.15) is 0 Å². The van der Waals surface area contributed by atoms with Crippen LogP contribution in [0.4, 0.5) is 11.4 Å². The van der Waals surface area contributed by atoms with E-state index in [9.17, 15) is 4.79 Å². The number of esters is 1. The number of hydrogen-bond donors (Lipinski definition) is 2. The Morgan fingerprint density at radius 3 is 3.06 bits per heavy atom. The maximum Gasteiger partial charge on any atom is 0.340 e. The van der Waals surface area contributed by atoms with E-state index in [1.807, 2.05) is 17.8 Å². The number of ether oxygens (including phenoxy) is 1. The van der Waals surface area contributed by atoms with E-state index in [-0.39, 0.29) is 5.97 Å². The first kappa shape index (κ1) is 12.1. The molecule has 1 aromatic rings. The lowest BCUT2D eigenvalue weighted by atomic mass is 10.1. The average Bonchev–Trinajstić information content (AvgIpc) is 2.83. The van der Waals surface area contributed by atoms with Crippen molar-refractivity contribution in [3.05, 3.63) is 23.8 Å². The third kappa shape index (κ3) is 2.85. The van der Waals surface area contributed by atoms with Gasteiger partial charge in [-0.15, -0.1) is 0 Å². The van der Waals surface area contributed by atoms with Gasteiger partial charge in [-0.1, -0.05) is 0 Å². The van der Waals surface area contributed by atoms with Crippen LogP contribution < -0.4 is 11.1 Å². The van der Waals surface area contributed by atoms with Crippen LogP contribution in [0.15, 0.2) is 18.2 Å². The van der Waals surface area contributed by atoms with E-state index in [1.165, 1.54) is 12.9 Å². The summed E-state index contributed by atoms with van der Waals surface area (Å²) in [5, 5.41) is 3.37. The molecule has 1 aromatic carbocycles. The van der Waals surface area contributed by atoms with Gasteiger partial charge in [-0.3, -0.25) is 0 Å². The van der Waals surface area contributed by atoms with E-state index in [0.29, 0.717) is 17.3 Å². The van der Waals surface area contributed by atoms with Crippen LogP contribution in [-0.4, -0.2) is 30.6 Å². The van der Waals surface area contributed by atoms with Crippen molar-refractivity contribution in [1.82, 2.24) is 0 Å². The van der Waals surface area contributed by atoms with Crippen molar-refractivity contribution in [3.63, 3.8) is 0 Å². The lowest BCUT2D eigenvalue weighted by molar-refractivity contribution is 0.0602. The quantitative estimate of drug-likeness (QED) is 0.636. The highest BCUT2D eigenvalue weighted by atomic mass is 32.2. The number of nitrogen functional groups attached to an aromatic ring is 1. The van der Waals surface area contributed by atoms with E-state index in [2.05, 4.69) is 5.32 Å². The van der Waals surface area contributed by atoms with Crippen LogP contribution in [0.2, 0.25) is 0 Å². The maximum atomic E-state index is 11.6. The standard InChI is InChI=1S/C12H16N2O2S/c1-16-12(15)10-6-8(13)2-3-11(10)14-9-4-5-17-7-9/h2-3,6,9,14H,4-5,7,13H2,1H3. The molecule has 0 aliphatic carbocycles. The van der Waals surface area contributed by atoms with Gasteiger partial charge in [0.05, 0.1) is 12.7 Å². The maximum absolute atomic E-state index is 11.6. The molecule has 2 rings (SSSR count). The highest BCUT2D eigenvalue weighted by Crippen LogP contribution is 2.25. The van der Waals surface area contributed by atoms with E-state index in [4.69, 9.17) is 10.5 Å². The summed E-state index contributed by atoms with van der Waals surface area (Å²) < 4.78 is 4.76. The van der Waals surface area contributed by atoms with Gasteiger partial charge in [0.15, 0.2) is 0 Å². The Hall–Kier alpha value is -1.36. The second kappa shape index (κ2) is 5.31. The summed E-state index contributed by atoms with van der Waals surface area (Å²) in [6.45, 7) is 0. The molecule has 1 saturated heterocycles. The molecule has 0 radical (unpaired) electrons. The monoisotopic (exact) mass is 252 g/mol. The number of rotatable bonds is 3. The molecule has 17 heavy (non-hydrogen) atoms. The van der Waals surface area contributed by atoms with Crippen LogP contribution in [0.3, 0.4) is 0 Å². The molecule has 1 heterocycles. The molecular weight excluding hydrogens is 236 g/mol. The van der Waals surface area contributed by atoms with E-state index < -0.39 is 0 Å². The minimum absolute atomic E-state index is 0.356. The molecule has 0 saturated carbocycles. The summed E-state index contributed by atoms with van der Waals surface area (Å²) in [6, 6.07) is 5.70. The van der Waals surface area contributed by atoms with Crippen LogP contribution in [0.25, 0.3) is 0 Å². The molecule has 1 aliphatic rings. The van der Waals surface area contributed by atoms with Gasteiger partial charge in [0, 0.05) is 23.2 Å². The molecule has 0 aromatic heterocycles. The lowest BCUT2D eigenvalue weighted by Gasteiger charge is -2.16. The van der Waals surface area contributed by atoms with Gasteiger partial charge in [0.2, 0.25) is 0 Å². The summed E-state index contributed by atoms with van der Waals surface area (Å²) in [5.74, 6) is 1.89. The zero-order chi connectivity index (χ0) is 12.3. The fourth-order valence-corrected chi connectivity index (χ4v) is 2.99. The number of carbonyl (C=O) groups excluding carboxylic acids is 1. The average molecular weight is 252 g/mol. The van der Waals surface area contributed by atoms with E-state index in [0.717, 1.165) is 17.9 Å². The second-order valence-corrected chi connectivity index (χ2v) is 5.15. The van der Waals surface area contributed by atoms with Crippen LogP contribution in [0, 0.1) is 0 Å². The van der Waals surface area contributed by atoms with Crippen LogP contribution in [0.5, 0.6) is 0 Å². The molecule has 0 spiro atoms. The number of methoxy groups -OCH3 is 1. The Morgan fingerprint density at radius 2 is 2.41 bits per heavy atom. The Balaban J connectivity index is 2.22. The summed E-state index contributed by atoms with van der Waals surface area (Å²) in [5.41, 5.74) is 7.56. The Bertz CT molecular complexity index is 417. The lowest BCUT2D eigenvalue weighted by Crippen LogP contribution is -2.20. The zero-order valence-electron chi connectivity index (χ0n) is 9.73.